The second kappa shape index (κ2) is 4.41. The van der Waals surface area contributed by atoms with Crippen LogP contribution in [0.3, 0.4) is 0 Å². The Kier molecular flexibility index (Phi) is 4.47. The van der Waals surface area contributed by atoms with Crippen LogP contribution in [-0.4, -0.2) is 13.0 Å². The van der Waals surface area contributed by atoms with Crippen molar-refractivity contribution in [3.63, 3.8) is 0 Å². The maximum absolute atomic E-state index is 12.5. The van der Waals surface area contributed by atoms with Gasteiger partial charge in [0.1, 0.15) is 10.7 Å². The molecule has 63 valence electrons. The Labute approximate surface area is 94.6 Å². The van der Waals surface area contributed by atoms with Gasteiger partial charge < -0.3 is 0 Å². The molecule has 0 aromatic heterocycles. The van der Waals surface area contributed by atoms with Gasteiger partial charge in [-0.15, -0.1) is 0 Å². The zero-order valence-electron chi connectivity index (χ0n) is 5.94. The molecule has 3 nitrogen and oxygen atoms in total. The number of benzene rings is 1. The van der Waals surface area contributed by atoms with Crippen molar-refractivity contribution in [1.82, 2.24) is 0 Å². The first-order valence-electron chi connectivity index (χ1n) is 2.74. The van der Waals surface area contributed by atoms with Crippen LogP contribution in [0.25, 0.3) is 0 Å². The largest absolute Gasteiger partial charge is 0.297 e. The summed E-state index contributed by atoms with van der Waals surface area (Å²) in [7, 11) is -4.41. The van der Waals surface area contributed by atoms with Crippen molar-refractivity contribution in [3.8, 4) is 0 Å². The van der Waals surface area contributed by atoms with Gasteiger partial charge in [-0.05, 0) is 12.1 Å². The van der Waals surface area contributed by atoms with E-state index in [9.17, 15) is 12.8 Å². The van der Waals surface area contributed by atoms with Crippen LogP contribution in [0.5, 0.6) is 0 Å². The molecule has 0 aliphatic carbocycles. The minimum atomic E-state index is -4.41. The molecule has 0 fully saturated rings. The number of hydrogen-bond acceptors (Lipinski definition) is 2. The zero-order valence-corrected chi connectivity index (χ0v) is 9.59. The topological polar surface area (TPSA) is 54.4 Å². The third kappa shape index (κ3) is 2.90. The van der Waals surface area contributed by atoms with Gasteiger partial charge in [-0.2, -0.15) is 8.42 Å². The van der Waals surface area contributed by atoms with Gasteiger partial charge in [0.05, 0.1) is 0 Å². The van der Waals surface area contributed by atoms with Gasteiger partial charge in [-0.25, -0.2) is 4.39 Å². The first-order chi connectivity index (χ1) is 5.02. The van der Waals surface area contributed by atoms with Gasteiger partial charge in [0.25, 0.3) is 10.1 Å². The van der Waals surface area contributed by atoms with Crippen molar-refractivity contribution >= 4 is 10.1 Å². The van der Waals surface area contributed by atoms with E-state index in [0.29, 0.717) is 0 Å². The van der Waals surface area contributed by atoms with Crippen LogP contribution in [0.4, 0.5) is 4.39 Å². The summed E-state index contributed by atoms with van der Waals surface area (Å²) < 4.78 is 41.7. The van der Waals surface area contributed by atoms with Crippen LogP contribution in [-0.2, 0) is 42.8 Å². The molecule has 1 aromatic carbocycles. The zero-order chi connectivity index (χ0) is 8.48. The van der Waals surface area contributed by atoms with Gasteiger partial charge in [0.2, 0.25) is 0 Å². The third-order valence-corrected chi connectivity index (χ3v) is 2.00. The molecule has 1 aromatic rings. The van der Waals surface area contributed by atoms with Crippen molar-refractivity contribution in [1.29, 1.82) is 0 Å². The van der Waals surface area contributed by atoms with Crippen molar-refractivity contribution < 1.29 is 50.1 Å². The molecular formula is C6H5FO3SY. The number of halogens is 1. The van der Waals surface area contributed by atoms with E-state index in [0.717, 1.165) is 12.1 Å². The number of hydrogen-bond donors (Lipinski definition) is 1. The monoisotopic (exact) mass is 265 g/mol. The summed E-state index contributed by atoms with van der Waals surface area (Å²) >= 11 is 0. The van der Waals surface area contributed by atoms with Gasteiger partial charge >= 0.3 is 0 Å². The minimum Gasteiger partial charge on any atom is -0.282 e. The first kappa shape index (κ1) is 12.2. The van der Waals surface area contributed by atoms with Crippen LogP contribution < -0.4 is 0 Å². The SMILES string of the molecule is O=S(=O)(O)c1ccccc1F.[Y]. The molecule has 0 aliphatic heterocycles. The van der Waals surface area contributed by atoms with E-state index in [1.165, 1.54) is 12.1 Å². The van der Waals surface area contributed by atoms with Crippen molar-refractivity contribution in [3.05, 3.63) is 30.1 Å². The Bertz CT molecular complexity index is 363. The predicted octanol–water partition coefficient (Wildman–Crippen LogP) is 1.07. The second-order valence-electron chi connectivity index (χ2n) is 1.91. The molecule has 0 atom stereocenters. The summed E-state index contributed by atoms with van der Waals surface area (Å²) in [5.74, 6) is -0.949. The van der Waals surface area contributed by atoms with E-state index in [-0.39, 0.29) is 32.7 Å². The molecule has 0 spiro atoms. The van der Waals surface area contributed by atoms with Crippen molar-refractivity contribution in [2.24, 2.45) is 0 Å². The summed E-state index contributed by atoms with van der Waals surface area (Å²) in [4.78, 5) is -0.694. The summed E-state index contributed by atoms with van der Waals surface area (Å²) in [5, 5.41) is 0. The Hall–Kier alpha value is 0.164. The fraction of sp³-hybridized carbons (Fsp3) is 0. The molecule has 1 radical (unpaired) electrons. The average molecular weight is 265 g/mol. The molecule has 12 heavy (non-hydrogen) atoms. The van der Waals surface area contributed by atoms with Crippen molar-refractivity contribution in [2.75, 3.05) is 0 Å². The molecule has 0 saturated carbocycles. The summed E-state index contributed by atoms with van der Waals surface area (Å²) in [5.41, 5.74) is 0. The molecule has 0 aliphatic rings. The van der Waals surface area contributed by atoms with Gasteiger partial charge in [0.15, 0.2) is 0 Å². The van der Waals surface area contributed by atoms with Gasteiger partial charge in [-0.3, -0.25) is 4.55 Å². The molecule has 0 heterocycles. The summed E-state index contributed by atoms with van der Waals surface area (Å²) in [6.07, 6.45) is 0. The standard InChI is InChI=1S/C6H5FO3S.Y/c7-5-3-1-2-4-6(5)11(8,9)10;/h1-4H,(H,8,9,10);. The fourth-order valence-electron chi connectivity index (χ4n) is 0.654. The smallest absolute Gasteiger partial charge is 0.282 e. The van der Waals surface area contributed by atoms with E-state index >= 15 is 0 Å². The Balaban J connectivity index is 0.00000121. The molecule has 0 amide bonds. The van der Waals surface area contributed by atoms with Crippen molar-refractivity contribution in [2.45, 2.75) is 4.90 Å². The predicted molar refractivity (Wildman–Crippen MR) is 36.2 cm³/mol. The molecule has 1 rings (SSSR count). The molecular weight excluding hydrogens is 260 g/mol. The Morgan fingerprint density at radius 2 is 1.75 bits per heavy atom. The maximum Gasteiger partial charge on any atom is 0.297 e. The van der Waals surface area contributed by atoms with E-state index in [2.05, 4.69) is 0 Å². The van der Waals surface area contributed by atoms with Crippen LogP contribution in [0.1, 0.15) is 0 Å². The molecule has 6 heteroatoms. The molecule has 0 bridgehead atoms. The minimum absolute atomic E-state index is 0. The van der Waals surface area contributed by atoms with Crippen LogP contribution >= 0.6 is 0 Å². The van der Waals surface area contributed by atoms with Crippen LogP contribution in [0.15, 0.2) is 29.2 Å². The quantitative estimate of drug-likeness (QED) is 0.773. The van der Waals surface area contributed by atoms with Gasteiger partial charge in [-0.1, -0.05) is 12.1 Å². The molecule has 0 saturated heterocycles. The maximum atomic E-state index is 12.5. The van der Waals surface area contributed by atoms with Crippen LogP contribution in [0.2, 0.25) is 0 Å². The Morgan fingerprint density at radius 1 is 1.25 bits per heavy atom. The molecule has 0 unspecified atom stereocenters. The summed E-state index contributed by atoms with van der Waals surface area (Å²) in [6, 6.07) is 4.62. The third-order valence-electron chi connectivity index (χ3n) is 1.11. The van der Waals surface area contributed by atoms with E-state index < -0.39 is 20.8 Å². The number of rotatable bonds is 1. The van der Waals surface area contributed by atoms with E-state index in [1.54, 1.807) is 0 Å². The Morgan fingerprint density at radius 3 is 2.08 bits per heavy atom. The van der Waals surface area contributed by atoms with Gasteiger partial charge in [0, 0.05) is 32.7 Å². The first-order valence-corrected chi connectivity index (χ1v) is 4.18. The fourth-order valence-corrected chi connectivity index (χ4v) is 1.22. The second-order valence-corrected chi connectivity index (χ2v) is 3.30. The van der Waals surface area contributed by atoms with E-state index in [1.807, 2.05) is 0 Å². The average Bonchev–Trinajstić information content (AvgIpc) is 1.86. The van der Waals surface area contributed by atoms with Crippen LogP contribution in [0, 0.1) is 5.82 Å². The normalized spacial score (nSPS) is 10.5. The summed E-state index contributed by atoms with van der Waals surface area (Å²) in [6.45, 7) is 0. The molecule has 1 N–H and O–H groups in total. The van der Waals surface area contributed by atoms with E-state index in [4.69, 9.17) is 4.55 Å².